The number of nitrogens with one attached hydrogen (secondary N) is 1. The van der Waals surface area contributed by atoms with Crippen molar-refractivity contribution in [3.05, 3.63) is 70.6 Å². The van der Waals surface area contributed by atoms with Gasteiger partial charge in [0.15, 0.2) is 0 Å². The zero-order valence-corrected chi connectivity index (χ0v) is 12.3. The molecule has 0 bridgehead atoms. The van der Waals surface area contributed by atoms with Crippen molar-refractivity contribution in [2.45, 2.75) is 13.3 Å². The second-order valence-electron chi connectivity index (χ2n) is 4.74. The molecule has 5 heteroatoms. The van der Waals surface area contributed by atoms with Crippen molar-refractivity contribution in [2.75, 3.05) is 5.32 Å². The van der Waals surface area contributed by atoms with Crippen LogP contribution in [0.5, 0.6) is 0 Å². The Kier molecular flexibility index (Phi) is 3.88. The molecule has 106 valence electrons. The van der Waals surface area contributed by atoms with Gasteiger partial charge in [0.25, 0.3) is 0 Å². The minimum atomic E-state index is 0.397. The first-order valence-corrected chi connectivity index (χ1v) is 6.98. The third-order valence-corrected chi connectivity index (χ3v) is 3.37. The second kappa shape index (κ2) is 5.97. The zero-order valence-electron chi connectivity index (χ0n) is 11.5. The summed E-state index contributed by atoms with van der Waals surface area (Å²) >= 11 is 5.86. The van der Waals surface area contributed by atoms with E-state index in [1.165, 1.54) is 0 Å². The van der Waals surface area contributed by atoms with Crippen LogP contribution in [0.3, 0.4) is 0 Å². The van der Waals surface area contributed by atoms with Gasteiger partial charge >= 0.3 is 6.01 Å². The summed E-state index contributed by atoms with van der Waals surface area (Å²) in [6.45, 7) is 2.02. The molecule has 21 heavy (non-hydrogen) atoms. The van der Waals surface area contributed by atoms with Crippen LogP contribution in [0.2, 0.25) is 5.02 Å². The predicted molar refractivity (Wildman–Crippen MR) is 83.0 cm³/mol. The molecule has 0 amide bonds. The van der Waals surface area contributed by atoms with Crippen molar-refractivity contribution in [1.82, 2.24) is 10.2 Å². The Morgan fingerprint density at radius 3 is 2.57 bits per heavy atom. The largest absolute Gasteiger partial charge is 0.408 e. The summed E-state index contributed by atoms with van der Waals surface area (Å²) in [5, 5.41) is 11.9. The molecule has 0 saturated heterocycles. The number of halogens is 1. The Morgan fingerprint density at radius 1 is 1.05 bits per heavy atom. The summed E-state index contributed by atoms with van der Waals surface area (Å²) in [6, 6.07) is 15.9. The molecule has 0 radical (unpaired) electrons. The van der Waals surface area contributed by atoms with Gasteiger partial charge < -0.3 is 9.73 Å². The average molecular weight is 300 g/mol. The Labute approximate surface area is 127 Å². The first-order valence-electron chi connectivity index (χ1n) is 6.60. The van der Waals surface area contributed by atoms with E-state index in [9.17, 15) is 0 Å². The zero-order chi connectivity index (χ0) is 14.7. The molecule has 3 aromatic rings. The van der Waals surface area contributed by atoms with Gasteiger partial charge in [-0.05, 0) is 36.2 Å². The molecule has 0 saturated carbocycles. The van der Waals surface area contributed by atoms with Gasteiger partial charge in [-0.3, -0.25) is 0 Å². The van der Waals surface area contributed by atoms with E-state index in [0.717, 1.165) is 16.8 Å². The van der Waals surface area contributed by atoms with Crippen LogP contribution in [0.15, 0.2) is 52.9 Å². The number of benzene rings is 2. The van der Waals surface area contributed by atoms with Crippen LogP contribution in [0.4, 0.5) is 11.7 Å². The first kappa shape index (κ1) is 13.6. The molecule has 0 spiro atoms. The molecule has 3 rings (SSSR count). The van der Waals surface area contributed by atoms with Gasteiger partial charge in [0.2, 0.25) is 5.89 Å². The Bertz CT molecular complexity index is 737. The summed E-state index contributed by atoms with van der Waals surface area (Å²) in [6.07, 6.45) is 0.583. The van der Waals surface area contributed by atoms with Crippen molar-refractivity contribution in [3.8, 4) is 0 Å². The third kappa shape index (κ3) is 3.41. The molecular weight excluding hydrogens is 286 g/mol. The number of aromatic nitrogens is 2. The molecule has 0 aliphatic rings. The lowest BCUT2D eigenvalue weighted by molar-refractivity contribution is 0.521. The van der Waals surface area contributed by atoms with Gasteiger partial charge in [0.1, 0.15) is 0 Å². The van der Waals surface area contributed by atoms with E-state index in [2.05, 4.69) is 15.5 Å². The number of nitrogens with zero attached hydrogens (tertiary/aromatic N) is 2. The lowest BCUT2D eigenvalue weighted by atomic mass is 10.1. The fourth-order valence-electron chi connectivity index (χ4n) is 1.98. The molecule has 4 nitrogen and oxygen atoms in total. The van der Waals surface area contributed by atoms with Crippen molar-refractivity contribution >= 4 is 23.3 Å². The third-order valence-electron chi connectivity index (χ3n) is 3.12. The number of hydrogen-bond acceptors (Lipinski definition) is 4. The Hall–Kier alpha value is -2.33. The van der Waals surface area contributed by atoms with Crippen LogP contribution in [0, 0.1) is 6.92 Å². The van der Waals surface area contributed by atoms with Gasteiger partial charge in [-0.25, -0.2) is 0 Å². The van der Waals surface area contributed by atoms with Crippen LogP contribution in [0.25, 0.3) is 0 Å². The highest BCUT2D eigenvalue weighted by Crippen LogP contribution is 2.20. The molecule has 1 heterocycles. The number of hydrogen-bond donors (Lipinski definition) is 1. The van der Waals surface area contributed by atoms with Crippen LogP contribution >= 0.6 is 11.6 Å². The highest BCUT2D eigenvalue weighted by molar-refractivity contribution is 6.30. The van der Waals surface area contributed by atoms with Crippen LogP contribution in [-0.4, -0.2) is 10.2 Å². The summed E-state index contributed by atoms with van der Waals surface area (Å²) in [7, 11) is 0. The molecule has 1 aromatic heterocycles. The van der Waals surface area contributed by atoms with E-state index in [1.54, 1.807) is 0 Å². The molecule has 0 aliphatic heterocycles. The van der Waals surface area contributed by atoms with Gasteiger partial charge in [-0.15, -0.1) is 5.10 Å². The topological polar surface area (TPSA) is 51.0 Å². The molecule has 0 aliphatic carbocycles. The van der Waals surface area contributed by atoms with E-state index >= 15 is 0 Å². The molecular formula is C16H14ClN3O. The van der Waals surface area contributed by atoms with Crippen LogP contribution in [0.1, 0.15) is 17.0 Å². The smallest absolute Gasteiger partial charge is 0.320 e. The van der Waals surface area contributed by atoms with Crippen LogP contribution < -0.4 is 5.32 Å². The Morgan fingerprint density at radius 2 is 1.81 bits per heavy atom. The maximum atomic E-state index is 5.86. The van der Waals surface area contributed by atoms with Crippen molar-refractivity contribution < 1.29 is 4.42 Å². The molecule has 2 aromatic carbocycles. The normalized spacial score (nSPS) is 10.6. The van der Waals surface area contributed by atoms with Crippen LogP contribution in [-0.2, 0) is 6.42 Å². The van der Waals surface area contributed by atoms with Crippen molar-refractivity contribution in [1.29, 1.82) is 0 Å². The maximum absolute atomic E-state index is 5.86. The van der Waals surface area contributed by atoms with E-state index in [4.69, 9.17) is 16.0 Å². The monoisotopic (exact) mass is 299 g/mol. The highest BCUT2D eigenvalue weighted by Gasteiger charge is 2.08. The predicted octanol–water partition coefficient (Wildman–Crippen LogP) is 4.37. The van der Waals surface area contributed by atoms with E-state index in [1.807, 2.05) is 55.5 Å². The van der Waals surface area contributed by atoms with E-state index < -0.39 is 0 Å². The number of para-hydroxylation sites is 1. The van der Waals surface area contributed by atoms with E-state index in [0.29, 0.717) is 23.3 Å². The fraction of sp³-hybridized carbons (Fsp3) is 0.125. The van der Waals surface area contributed by atoms with Gasteiger partial charge in [-0.2, -0.15) is 0 Å². The first-order chi connectivity index (χ1) is 10.2. The highest BCUT2D eigenvalue weighted by atomic mass is 35.5. The maximum Gasteiger partial charge on any atom is 0.320 e. The summed E-state index contributed by atoms with van der Waals surface area (Å²) in [5.41, 5.74) is 3.15. The SMILES string of the molecule is Cc1ccccc1Nc1nnc(Cc2ccc(Cl)cc2)o1. The molecule has 0 atom stereocenters. The van der Waals surface area contributed by atoms with Gasteiger partial charge in [0.05, 0.1) is 6.42 Å². The van der Waals surface area contributed by atoms with Crippen molar-refractivity contribution in [2.24, 2.45) is 0 Å². The summed E-state index contributed by atoms with van der Waals surface area (Å²) in [4.78, 5) is 0. The lowest BCUT2D eigenvalue weighted by Crippen LogP contribution is -1.92. The summed E-state index contributed by atoms with van der Waals surface area (Å²) < 4.78 is 5.61. The fourth-order valence-corrected chi connectivity index (χ4v) is 2.11. The number of anilines is 2. The quantitative estimate of drug-likeness (QED) is 0.777. The minimum absolute atomic E-state index is 0.397. The standard InChI is InChI=1S/C16H14ClN3O/c1-11-4-2-3-5-14(11)18-16-20-19-15(21-16)10-12-6-8-13(17)9-7-12/h2-9H,10H2,1H3,(H,18,20). The molecule has 1 N–H and O–H groups in total. The average Bonchev–Trinajstić information content (AvgIpc) is 2.91. The van der Waals surface area contributed by atoms with Crippen molar-refractivity contribution in [3.63, 3.8) is 0 Å². The lowest BCUT2D eigenvalue weighted by Gasteiger charge is -2.04. The van der Waals surface area contributed by atoms with Gasteiger partial charge in [0, 0.05) is 10.7 Å². The van der Waals surface area contributed by atoms with Gasteiger partial charge in [-0.1, -0.05) is 47.0 Å². The Balaban J connectivity index is 1.72. The molecule has 0 fully saturated rings. The van der Waals surface area contributed by atoms with E-state index in [-0.39, 0.29) is 0 Å². The minimum Gasteiger partial charge on any atom is -0.408 e. The number of aryl methyl sites for hydroxylation is 1. The molecule has 0 unspecified atom stereocenters. The summed E-state index contributed by atoms with van der Waals surface area (Å²) in [5.74, 6) is 0.563. The number of rotatable bonds is 4. The second-order valence-corrected chi connectivity index (χ2v) is 5.18.